The third-order valence-corrected chi connectivity index (χ3v) is 3.55. The fraction of sp³-hybridized carbons (Fsp3) is 0.154. The molecule has 3 nitrogen and oxygen atoms in total. The molecule has 0 saturated carbocycles. The van der Waals surface area contributed by atoms with Crippen LogP contribution in [-0.2, 0) is 0 Å². The minimum atomic E-state index is -0.185. The van der Waals surface area contributed by atoms with Crippen LogP contribution in [0.25, 0.3) is 11.3 Å². The molecule has 94 valence electrons. The van der Waals surface area contributed by atoms with Gasteiger partial charge in [0.15, 0.2) is 5.13 Å². The normalized spacial score (nSPS) is 12.1. The minimum Gasteiger partial charge on any atom is -0.394 e. The van der Waals surface area contributed by atoms with Gasteiger partial charge in [0.1, 0.15) is 0 Å². The Morgan fingerprint density at radius 3 is 2.94 bits per heavy atom. The second kappa shape index (κ2) is 6.00. The number of rotatable bonds is 5. The average Bonchev–Trinajstić information content (AvgIpc) is 2.85. The Bertz CT molecular complexity index is 541. The molecule has 1 atom stereocenters. The highest BCUT2D eigenvalue weighted by atomic mass is 35.5. The summed E-state index contributed by atoms with van der Waals surface area (Å²) in [5, 5.41) is 15.5. The molecular weight excluding hydrogens is 268 g/mol. The summed E-state index contributed by atoms with van der Waals surface area (Å²) in [6.07, 6.45) is 1.65. The topological polar surface area (TPSA) is 45.1 Å². The number of benzene rings is 1. The molecule has 0 unspecified atom stereocenters. The summed E-state index contributed by atoms with van der Waals surface area (Å²) in [6, 6.07) is 7.39. The highest BCUT2D eigenvalue weighted by Crippen LogP contribution is 2.30. The Morgan fingerprint density at radius 1 is 1.50 bits per heavy atom. The van der Waals surface area contributed by atoms with Crippen molar-refractivity contribution in [1.82, 2.24) is 4.98 Å². The number of aromatic nitrogens is 1. The van der Waals surface area contributed by atoms with Crippen LogP contribution in [0, 0.1) is 0 Å². The Hall–Kier alpha value is -1.36. The second-order valence-corrected chi connectivity index (χ2v) is 4.95. The third-order valence-electron chi connectivity index (χ3n) is 2.44. The first kappa shape index (κ1) is 13.1. The molecule has 0 fully saturated rings. The molecule has 2 N–H and O–H groups in total. The lowest BCUT2D eigenvalue weighted by molar-refractivity contribution is 0.291. The molecule has 0 aliphatic rings. The van der Waals surface area contributed by atoms with Crippen molar-refractivity contribution in [3.63, 3.8) is 0 Å². The summed E-state index contributed by atoms with van der Waals surface area (Å²) in [7, 11) is 0. The van der Waals surface area contributed by atoms with Gasteiger partial charge in [-0.05, 0) is 6.07 Å². The SMILES string of the molecule is C=C[C@@H](CO)Nc1nc(-c2ccccc2Cl)cs1. The molecule has 0 saturated heterocycles. The molecule has 0 spiro atoms. The van der Waals surface area contributed by atoms with E-state index in [-0.39, 0.29) is 12.6 Å². The highest BCUT2D eigenvalue weighted by molar-refractivity contribution is 7.14. The van der Waals surface area contributed by atoms with Gasteiger partial charge in [0.2, 0.25) is 0 Å². The van der Waals surface area contributed by atoms with E-state index in [9.17, 15) is 0 Å². The van der Waals surface area contributed by atoms with Crippen LogP contribution in [0.2, 0.25) is 5.02 Å². The number of hydrogen-bond donors (Lipinski definition) is 2. The lowest BCUT2D eigenvalue weighted by Gasteiger charge is -2.09. The van der Waals surface area contributed by atoms with E-state index in [1.807, 2.05) is 29.6 Å². The summed E-state index contributed by atoms with van der Waals surface area (Å²) in [6.45, 7) is 3.63. The predicted octanol–water partition coefficient (Wildman–Crippen LogP) is 3.42. The molecule has 0 bridgehead atoms. The van der Waals surface area contributed by atoms with E-state index in [4.69, 9.17) is 16.7 Å². The van der Waals surface area contributed by atoms with Gasteiger partial charge in [-0.25, -0.2) is 4.98 Å². The van der Waals surface area contributed by atoms with Crippen LogP contribution >= 0.6 is 22.9 Å². The number of aliphatic hydroxyl groups is 1. The lowest BCUT2D eigenvalue weighted by atomic mass is 10.2. The zero-order valence-electron chi connectivity index (χ0n) is 9.64. The van der Waals surface area contributed by atoms with Crippen molar-refractivity contribution in [3.05, 3.63) is 47.3 Å². The number of aliphatic hydroxyl groups excluding tert-OH is 1. The molecular formula is C13H13ClN2OS. The van der Waals surface area contributed by atoms with E-state index < -0.39 is 0 Å². The molecule has 0 amide bonds. The number of nitrogens with zero attached hydrogens (tertiary/aromatic N) is 1. The van der Waals surface area contributed by atoms with E-state index >= 15 is 0 Å². The molecule has 1 aromatic carbocycles. The van der Waals surface area contributed by atoms with Gasteiger partial charge >= 0.3 is 0 Å². The molecule has 5 heteroatoms. The monoisotopic (exact) mass is 280 g/mol. The molecule has 0 radical (unpaired) electrons. The highest BCUT2D eigenvalue weighted by Gasteiger charge is 2.09. The van der Waals surface area contributed by atoms with Crippen molar-refractivity contribution in [3.8, 4) is 11.3 Å². The molecule has 1 aromatic heterocycles. The first-order valence-electron chi connectivity index (χ1n) is 5.45. The number of halogens is 1. The van der Waals surface area contributed by atoms with Crippen molar-refractivity contribution in [2.75, 3.05) is 11.9 Å². The van der Waals surface area contributed by atoms with Gasteiger partial charge in [-0.1, -0.05) is 35.9 Å². The lowest BCUT2D eigenvalue weighted by Crippen LogP contribution is -2.20. The van der Waals surface area contributed by atoms with E-state index in [0.29, 0.717) is 5.02 Å². The van der Waals surface area contributed by atoms with Gasteiger partial charge < -0.3 is 10.4 Å². The molecule has 0 aliphatic heterocycles. The van der Waals surface area contributed by atoms with Crippen molar-refractivity contribution < 1.29 is 5.11 Å². The van der Waals surface area contributed by atoms with Crippen molar-refractivity contribution >= 4 is 28.1 Å². The number of thiazole rings is 1. The van der Waals surface area contributed by atoms with E-state index in [1.54, 1.807) is 6.08 Å². The Morgan fingerprint density at radius 2 is 2.28 bits per heavy atom. The van der Waals surface area contributed by atoms with Gasteiger partial charge in [0.05, 0.1) is 18.3 Å². The van der Waals surface area contributed by atoms with Crippen molar-refractivity contribution in [2.45, 2.75) is 6.04 Å². The number of anilines is 1. The summed E-state index contributed by atoms with van der Waals surface area (Å²) < 4.78 is 0. The fourth-order valence-electron chi connectivity index (χ4n) is 1.47. The Balaban J connectivity index is 2.21. The maximum Gasteiger partial charge on any atom is 0.183 e. The van der Waals surface area contributed by atoms with Crippen LogP contribution in [0.5, 0.6) is 0 Å². The number of hydrogen-bond acceptors (Lipinski definition) is 4. The zero-order valence-corrected chi connectivity index (χ0v) is 11.2. The molecule has 2 aromatic rings. The maximum atomic E-state index is 9.08. The van der Waals surface area contributed by atoms with E-state index in [0.717, 1.165) is 16.4 Å². The van der Waals surface area contributed by atoms with Gasteiger partial charge in [-0.2, -0.15) is 0 Å². The smallest absolute Gasteiger partial charge is 0.183 e. The van der Waals surface area contributed by atoms with Gasteiger partial charge in [-0.3, -0.25) is 0 Å². The largest absolute Gasteiger partial charge is 0.394 e. The summed E-state index contributed by atoms with van der Waals surface area (Å²) >= 11 is 7.59. The van der Waals surface area contributed by atoms with Crippen LogP contribution < -0.4 is 5.32 Å². The van der Waals surface area contributed by atoms with Crippen LogP contribution in [0.15, 0.2) is 42.3 Å². The maximum absolute atomic E-state index is 9.08. The molecule has 2 rings (SSSR count). The van der Waals surface area contributed by atoms with Crippen LogP contribution in [0.3, 0.4) is 0 Å². The molecule has 18 heavy (non-hydrogen) atoms. The Labute approximate surface area is 115 Å². The number of nitrogens with one attached hydrogen (secondary N) is 1. The zero-order chi connectivity index (χ0) is 13.0. The van der Waals surface area contributed by atoms with Crippen LogP contribution in [-0.4, -0.2) is 22.7 Å². The van der Waals surface area contributed by atoms with E-state index in [2.05, 4.69) is 16.9 Å². The quantitative estimate of drug-likeness (QED) is 0.825. The fourth-order valence-corrected chi connectivity index (χ4v) is 2.48. The van der Waals surface area contributed by atoms with E-state index in [1.165, 1.54) is 11.3 Å². The predicted molar refractivity (Wildman–Crippen MR) is 77.3 cm³/mol. The summed E-state index contributed by atoms with van der Waals surface area (Å²) in [5.74, 6) is 0. The van der Waals surface area contributed by atoms with Crippen molar-refractivity contribution in [2.24, 2.45) is 0 Å². The van der Waals surface area contributed by atoms with Crippen LogP contribution in [0.1, 0.15) is 0 Å². The first-order valence-corrected chi connectivity index (χ1v) is 6.70. The Kier molecular flexibility index (Phi) is 4.36. The minimum absolute atomic E-state index is 0.00942. The van der Waals surface area contributed by atoms with Crippen LogP contribution in [0.4, 0.5) is 5.13 Å². The summed E-state index contributed by atoms with van der Waals surface area (Å²) in [5.41, 5.74) is 1.73. The van der Waals surface area contributed by atoms with Crippen molar-refractivity contribution in [1.29, 1.82) is 0 Å². The molecule has 1 heterocycles. The van der Waals surface area contributed by atoms with Gasteiger partial charge in [-0.15, -0.1) is 17.9 Å². The van der Waals surface area contributed by atoms with Gasteiger partial charge in [0, 0.05) is 16.0 Å². The third kappa shape index (κ3) is 2.90. The standard InChI is InChI=1S/C13H13ClN2OS/c1-2-9(7-17)15-13-16-12(8-18-13)10-5-3-4-6-11(10)14/h2-6,8-9,17H,1,7H2,(H,15,16)/t9-/m0/s1. The first-order chi connectivity index (χ1) is 8.74. The van der Waals surface area contributed by atoms with Gasteiger partial charge in [0.25, 0.3) is 0 Å². The average molecular weight is 281 g/mol. The second-order valence-electron chi connectivity index (χ2n) is 3.69. The molecule has 0 aliphatic carbocycles. The summed E-state index contributed by atoms with van der Waals surface area (Å²) in [4.78, 5) is 4.44.